The zero-order valence-corrected chi connectivity index (χ0v) is 13.5. The van der Waals surface area contributed by atoms with Gasteiger partial charge in [-0.25, -0.2) is 12.7 Å². The molecule has 2 heterocycles. The predicted octanol–water partition coefficient (Wildman–Crippen LogP) is 3.28. The molecule has 1 aromatic rings. The highest BCUT2D eigenvalue weighted by molar-refractivity contribution is 7.89. The number of hydrogen-bond acceptors (Lipinski definition) is 3. The third-order valence-corrected chi connectivity index (χ3v) is 8.02. The third-order valence-electron chi connectivity index (χ3n) is 4.73. The molecule has 0 unspecified atom stereocenters. The van der Waals surface area contributed by atoms with E-state index < -0.39 is 10.0 Å². The van der Waals surface area contributed by atoms with Crippen LogP contribution in [0.3, 0.4) is 0 Å². The SMILES string of the molecule is O=S(=O)(C1CCCC1)N1CCC(Cc2cccs2)CC1. The van der Waals surface area contributed by atoms with Gasteiger partial charge in [0.05, 0.1) is 5.25 Å². The Labute approximate surface area is 126 Å². The quantitative estimate of drug-likeness (QED) is 0.855. The molecule has 1 aliphatic carbocycles. The van der Waals surface area contributed by atoms with Gasteiger partial charge in [-0.2, -0.15) is 0 Å². The van der Waals surface area contributed by atoms with Gasteiger partial charge in [0.15, 0.2) is 0 Å². The molecule has 20 heavy (non-hydrogen) atoms. The van der Waals surface area contributed by atoms with E-state index in [1.807, 2.05) is 11.3 Å². The molecule has 0 atom stereocenters. The molecule has 0 radical (unpaired) electrons. The van der Waals surface area contributed by atoms with E-state index in [1.54, 1.807) is 4.31 Å². The number of rotatable bonds is 4. The van der Waals surface area contributed by atoms with Crippen LogP contribution in [0.1, 0.15) is 43.4 Å². The van der Waals surface area contributed by atoms with Gasteiger partial charge in [-0.3, -0.25) is 0 Å². The van der Waals surface area contributed by atoms with E-state index in [0.29, 0.717) is 5.92 Å². The maximum absolute atomic E-state index is 12.5. The first-order valence-electron chi connectivity index (χ1n) is 7.67. The summed E-state index contributed by atoms with van der Waals surface area (Å²) in [6.07, 6.45) is 7.06. The number of hydrogen-bond donors (Lipinski definition) is 0. The molecule has 2 aliphatic rings. The van der Waals surface area contributed by atoms with Crippen molar-refractivity contribution in [1.29, 1.82) is 0 Å². The van der Waals surface area contributed by atoms with Gasteiger partial charge in [-0.05, 0) is 49.5 Å². The van der Waals surface area contributed by atoms with E-state index in [2.05, 4.69) is 17.5 Å². The Bertz CT molecular complexity index is 510. The fourth-order valence-electron chi connectivity index (χ4n) is 3.48. The van der Waals surface area contributed by atoms with Gasteiger partial charge in [0.1, 0.15) is 0 Å². The van der Waals surface area contributed by atoms with Crippen molar-refractivity contribution in [2.45, 2.75) is 50.2 Å². The molecule has 1 aromatic heterocycles. The zero-order valence-electron chi connectivity index (χ0n) is 11.8. The highest BCUT2D eigenvalue weighted by Crippen LogP contribution is 2.31. The van der Waals surface area contributed by atoms with Crippen LogP contribution in [0.15, 0.2) is 17.5 Å². The van der Waals surface area contributed by atoms with E-state index >= 15 is 0 Å². The molecule has 0 N–H and O–H groups in total. The lowest BCUT2D eigenvalue weighted by molar-refractivity contribution is 0.271. The maximum atomic E-state index is 12.5. The zero-order chi connectivity index (χ0) is 14.0. The summed E-state index contributed by atoms with van der Waals surface area (Å²) in [5.41, 5.74) is 0. The molecule has 0 amide bonds. The minimum Gasteiger partial charge on any atom is -0.212 e. The van der Waals surface area contributed by atoms with Crippen molar-refractivity contribution in [3.05, 3.63) is 22.4 Å². The number of thiophene rings is 1. The van der Waals surface area contributed by atoms with Crippen LogP contribution in [-0.4, -0.2) is 31.1 Å². The first-order valence-corrected chi connectivity index (χ1v) is 10.1. The summed E-state index contributed by atoms with van der Waals surface area (Å²) in [5.74, 6) is 0.656. The van der Waals surface area contributed by atoms with Gasteiger partial charge in [-0.15, -0.1) is 11.3 Å². The van der Waals surface area contributed by atoms with Crippen molar-refractivity contribution >= 4 is 21.4 Å². The third kappa shape index (κ3) is 3.10. The summed E-state index contributed by atoms with van der Waals surface area (Å²) in [4.78, 5) is 1.43. The van der Waals surface area contributed by atoms with E-state index in [-0.39, 0.29) is 5.25 Å². The summed E-state index contributed by atoms with van der Waals surface area (Å²) in [5, 5.41) is 2.03. The summed E-state index contributed by atoms with van der Waals surface area (Å²) < 4.78 is 26.9. The average molecular weight is 313 g/mol. The van der Waals surface area contributed by atoms with E-state index in [4.69, 9.17) is 0 Å². The molecule has 5 heteroatoms. The van der Waals surface area contributed by atoms with Crippen molar-refractivity contribution in [2.24, 2.45) is 5.92 Å². The molecule has 0 aromatic carbocycles. The molecule has 112 valence electrons. The Balaban J connectivity index is 1.55. The van der Waals surface area contributed by atoms with Crippen LogP contribution in [0.2, 0.25) is 0 Å². The van der Waals surface area contributed by atoms with Crippen LogP contribution in [-0.2, 0) is 16.4 Å². The van der Waals surface area contributed by atoms with Gasteiger partial charge < -0.3 is 0 Å². The van der Waals surface area contributed by atoms with Crippen LogP contribution < -0.4 is 0 Å². The highest BCUT2D eigenvalue weighted by Gasteiger charge is 2.35. The van der Waals surface area contributed by atoms with Gasteiger partial charge in [0.25, 0.3) is 0 Å². The van der Waals surface area contributed by atoms with Crippen molar-refractivity contribution < 1.29 is 8.42 Å². The van der Waals surface area contributed by atoms with Crippen LogP contribution in [0, 0.1) is 5.92 Å². The van der Waals surface area contributed by atoms with E-state index in [1.165, 1.54) is 4.88 Å². The molecule has 0 bridgehead atoms. The van der Waals surface area contributed by atoms with Gasteiger partial charge in [0.2, 0.25) is 10.0 Å². The van der Waals surface area contributed by atoms with Gasteiger partial charge >= 0.3 is 0 Å². The summed E-state index contributed by atoms with van der Waals surface area (Å²) in [7, 11) is -3.01. The second kappa shape index (κ2) is 6.16. The number of nitrogens with zero attached hydrogens (tertiary/aromatic N) is 1. The lowest BCUT2D eigenvalue weighted by Crippen LogP contribution is -2.43. The van der Waals surface area contributed by atoms with Crippen LogP contribution in [0.4, 0.5) is 0 Å². The number of sulfonamides is 1. The summed E-state index contributed by atoms with van der Waals surface area (Å²) in [6.45, 7) is 1.46. The lowest BCUT2D eigenvalue weighted by Gasteiger charge is -2.32. The van der Waals surface area contributed by atoms with Crippen molar-refractivity contribution in [3.63, 3.8) is 0 Å². The molecule has 1 saturated heterocycles. The molecular formula is C15H23NO2S2. The van der Waals surface area contributed by atoms with Crippen LogP contribution in [0.5, 0.6) is 0 Å². The normalized spacial score (nSPS) is 23.4. The topological polar surface area (TPSA) is 37.4 Å². The molecule has 3 nitrogen and oxygen atoms in total. The van der Waals surface area contributed by atoms with Crippen molar-refractivity contribution in [3.8, 4) is 0 Å². The minimum absolute atomic E-state index is 0.0867. The molecule has 1 aliphatic heterocycles. The standard InChI is InChI=1S/C15H23NO2S2/c17-20(18,15-5-1-2-6-15)16-9-7-13(8-10-16)12-14-4-3-11-19-14/h3-4,11,13,15H,1-2,5-10,12H2. The Kier molecular flexibility index (Phi) is 4.48. The molecule has 3 rings (SSSR count). The van der Waals surface area contributed by atoms with Crippen LogP contribution in [0.25, 0.3) is 0 Å². The fraction of sp³-hybridized carbons (Fsp3) is 0.733. The Morgan fingerprint density at radius 1 is 1.15 bits per heavy atom. The van der Waals surface area contributed by atoms with Gasteiger partial charge in [-0.1, -0.05) is 18.9 Å². The smallest absolute Gasteiger partial charge is 0.212 e. The molecular weight excluding hydrogens is 290 g/mol. The Hall–Kier alpha value is -0.390. The van der Waals surface area contributed by atoms with Crippen molar-refractivity contribution in [2.75, 3.05) is 13.1 Å². The predicted molar refractivity (Wildman–Crippen MR) is 83.5 cm³/mol. The first kappa shape index (κ1) is 14.5. The fourth-order valence-corrected chi connectivity index (χ4v) is 6.37. The first-order chi connectivity index (χ1) is 9.66. The van der Waals surface area contributed by atoms with Crippen molar-refractivity contribution in [1.82, 2.24) is 4.31 Å². The van der Waals surface area contributed by atoms with Crippen LogP contribution >= 0.6 is 11.3 Å². The second-order valence-corrected chi connectivity index (χ2v) is 9.32. The molecule has 2 fully saturated rings. The Morgan fingerprint density at radius 3 is 2.45 bits per heavy atom. The Morgan fingerprint density at radius 2 is 1.85 bits per heavy atom. The number of piperidine rings is 1. The van der Waals surface area contributed by atoms with E-state index in [0.717, 1.165) is 58.0 Å². The minimum atomic E-state index is -3.01. The average Bonchev–Trinajstić information content (AvgIpc) is 3.12. The lowest BCUT2D eigenvalue weighted by atomic mass is 9.94. The molecule has 0 spiro atoms. The monoisotopic (exact) mass is 313 g/mol. The largest absolute Gasteiger partial charge is 0.216 e. The molecule has 1 saturated carbocycles. The van der Waals surface area contributed by atoms with E-state index in [9.17, 15) is 8.42 Å². The van der Waals surface area contributed by atoms with Gasteiger partial charge in [0, 0.05) is 18.0 Å². The highest BCUT2D eigenvalue weighted by atomic mass is 32.2. The maximum Gasteiger partial charge on any atom is 0.216 e. The second-order valence-electron chi connectivity index (χ2n) is 6.08. The summed E-state index contributed by atoms with van der Waals surface area (Å²) in [6, 6.07) is 4.28. The summed E-state index contributed by atoms with van der Waals surface area (Å²) >= 11 is 1.81.